The molecule has 3 heterocycles. The summed E-state index contributed by atoms with van der Waals surface area (Å²) in [6.07, 6.45) is 3.80. The largest absolute Gasteiger partial charge is 0.335 e. The molecule has 0 atom stereocenters. The maximum Gasteiger partial charge on any atom is 0.142 e. The molecule has 0 radical (unpaired) electrons. The van der Waals surface area contributed by atoms with Crippen LogP contribution in [-0.4, -0.2) is 9.55 Å². The van der Waals surface area contributed by atoms with Gasteiger partial charge in [0.05, 0.1) is 5.02 Å². The number of halogens is 2. The zero-order valence-electron chi connectivity index (χ0n) is 12.3. The van der Waals surface area contributed by atoms with Crippen LogP contribution in [-0.2, 0) is 7.05 Å². The lowest BCUT2D eigenvalue weighted by Crippen LogP contribution is -1.87. The van der Waals surface area contributed by atoms with Gasteiger partial charge >= 0.3 is 0 Å². The van der Waals surface area contributed by atoms with Crippen LogP contribution in [0.4, 0.5) is 4.39 Å². The third-order valence-electron chi connectivity index (χ3n) is 3.91. The highest BCUT2D eigenvalue weighted by molar-refractivity contribution is 7.08. The minimum absolute atomic E-state index is 0.140. The molecular formula is C18H12ClFN2S. The van der Waals surface area contributed by atoms with Gasteiger partial charge in [-0.25, -0.2) is 9.37 Å². The monoisotopic (exact) mass is 342 g/mol. The van der Waals surface area contributed by atoms with Crippen molar-refractivity contribution in [2.45, 2.75) is 0 Å². The predicted molar refractivity (Wildman–Crippen MR) is 94.4 cm³/mol. The second-order valence-corrected chi connectivity index (χ2v) is 6.52. The number of thiophene rings is 1. The second-order valence-electron chi connectivity index (χ2n) is 5.36. The summed E-state index contributed by atoms with van der Waals surface area (Å²) in [7, 11) is 1.93. The topological polar surface area (TPSA) is 17.8 Å². The van der Waals surface area contributed by atoms with E-state index in [1.807, 2.05) is 35.5 Å². The van der Waals surface area contributed by atoms with Crippen LogP contribution in [0.1, 0.15) is 0 Å². The summed E-state index contributed by atoms with van der Waals surface area (Å²) in [6, 6.07) is 9.02. The number of hydrogen-bond donors (Lipinski definition) is 0. The number of aromatic nitrogens is 2. The van der Waals surface area contributed by atoms with Crippen LogP contribution in [0.5, 0.6) is 0 Å². The van der Waals surface area contributed by atoms with Crippen LogP contribution in [0.3, 0.4) is 0 Å². The van der Waals surface area contributed by atoms with E-state index in [4.69, 9.17) is 11.6 Å². The SMILES string of the molecule is Cn1cc(-c2cccc(F)c2Cl)c2cc(-c3ccsc3)cnc21. The fourth-order valence-electron chi connectivity index (χ4n) is 2.77. The number of benzene rings is 1. The van der Waals surface area contributed by atoms with Crippen molar-refractivity contribution in [3.05, 3.63) is 64.3 Å². The molecule has 3 aromatic heterocycles. The molecule has 4 rings (SSSR count). The zero-order chi connectivity index (χ0) is 16.0. The standard InChI is InChI=1S/C18H12ClFN2S/c1-22-9-15(13-3-2-4-16(20)17(13)19)14-7-12(8-21-18(14)22)11-5-6-23-10-11/h2-10H,1H3. The number of pyridine rings is 1. The van der Waals surface area contributed by atoms with Gasteiger partial charge in [-0.15, -0.1) is 0 Å². The van der Waals surface area contributed by atoms with Crippen LogP contribution in [0, 0.1) is 5.82 Å². The Hall–Kier alpha value is -2.17. The van der Waals surface area contributed by atoms with Gasteiger partial charge in [-0.3, -0.25) is 0 Å². The van der Waals surface area contributed by atoms with E-state index in [1.165, 1.54) is 6.07 Å². The van der Waals surface area contributed by atoms with E-state index in [0.29, 0.717) is 5.56 Å². The fourth-order valence-corrected chi connectivity index (χ4v) is 3.67. The maximum atomic E-state index is 13.8. The molecule has 0 aliphatic carbocycles. The summed E-state index contributed by atoms with van der Waals surface area (Å²) in [5, 5.41) is 5.22. The molecule has 0 saturated heterocycles. The van der Waals surface area contributed by atoms with Crippen molar-refractivity contribution in [2.24, 2.45) is 7.05 Å². The van der Waals surface area contributed by atoms with E-state index in [1.54, 1.807) is 17.4 Å². The summed E-state index contributed by atoms with van der Waals surface area (Å²) >= 11 is 7.82. The molecule has 0 bridgehead atoms. The summed E-state index contributed by atoms with van der Waals surface area (Å²) in [5.41, 5.74) is 4.58. The molecular weight excluding hydrogens is 331 g/mol. The maximum absolute atomic E-state index is 13.8. The molecule has 0 aliphatic heterocycles. The van der Waals surface area contributed by atoms with E-state index >= 15 is 0 Å². The van der Waals surface area contributed by atoms with E-state index in [-0.39, 0.29) is 5.02 Å². The van der Waals surface area contributed by atoms with Gasteiger partial charge in [0.15, 0.2) is 0 Å². The van der Waals surface area contributed by atoms with Gasteiger partial charge in [0.25, 0.3) is 0 Å². The van der Waals surface area contributed by atoms with E-state index in [2.05, 4.69) is 22.5 Å². The molecule has 0 spiro atoms. The zero-order valence-corrected chi connectivity index (χ0v) is 13.8. The molecule has 1 aromatic carbocycles. The van der Waals surface area contributed by atoms with Crippen molar-refractivity contribution < 1.29 is 4.39 Å². The molecule has 0 amide bonds. The Bertz CT molecular complexity index is 1010. The third-order valence-corrected chi connectivity index (χ3v) is 4.98. The molecule has 0 aliphatic rings. The first-order valence-corrected chi connectivity index (χ1v) is 8.39. The number of fused-ring (bicyclic) bond motifs is 1. The van der Waals surface area contributed by atoms with Crippen molar-refractivity contribution in [2.75, 3.05) is 0 Å². The number of aryl methyl sites for hydroxylation is 1. The van der Waals surface area contributed by atoms with Gasteiger partial charge in [0.2, 0.25) is 0 Å². The molecule has 0 fully saturated rings. The Labute approximate surface area is 141 Å². The first kappa shape index (κ1) is 14.4. The van der Waals surface area contributed by atoms with Gasteiger partial charge in [-0.1, -0.05) is 23.7 Å². The van der Waals surface area contributed by atoms with Crippen LogP contribution < -0.4 is 0 Å². The van der Waals surface area contributed by atoms with Crippen molar-refractivity contribution in [1.29, 1.82) is 0 Å². The van der Waals surface area contributed by atoms with Crippen LogP contribution >= 0.6 is 22.9 Å². The Kier molecular flexibility index (Phi) is 3.43. The van der Waals surface area contributed by atoms with Crippen molar-refractivity contribution in [3.63, 3.8) is 0 Å². The van der Waals surface area contributed by atoms with Crippen molar-refractivity contribution in [3.8, 4) is 22.3 Å². The first-order chi connectivity index (χ1) is 11.1. The van der Waals surface area contributed by atoms with Gasteiger partial charge in [-0.05, 0) is 34.5 Å². The Balaban J connectivity index is 2.00. The Morgan fingerprint density at radius 3 is 2.83 bits per heavy atom. The molecule has 23 heavy (non-hydrogen) atoms. The lowest BCUT2D eigenvalue weighted by molar-refractivity contribution is 0.629. The minimum Gasteiger partial charge on any atom is -0.335 e. The van der Waals surface area contributed by atoms with Crippen molar-refractivity contribution in [1.82, 2.24) is 9.55 Å². The van der Waals surface area contributed by atoms with Crippen LogP contribution in [0.2, 0.25) is 5.02 Å². The van der Waals surface area contributed by atoms with Gasteiger partial charge in [0.1, 0.15) is 11.5 Å². The third kappa shape index (κ3) is 2.35. The van der Waals surface area contributed by atoms with Crippen molar-refractivity contribution >= 4 is 34.0 Å². The smallest absolute Gasteiger partial charge is 0.142 e. The Morgan fingerprint density at radius 2 is 2.04 bits per heavy atom. The summed E-state index contributed by atoms with van der Waals surface area (Å²) in [5.74, 6) is -0.414. The highest BCUT2D eigenvalue weighted by Crippen LogP contribution is 2.36. The van der Waals surface area contributed by atoms with E-state index < -0.39 is 5.82 Å². The molecule has 114 valence electrons. The molecule has 0 unspecified atom stereocenters. The van der Waals surface area contributed by atoms with Gasteiger partial charge in [0, 0.05) is 41.5 Å². The number of hydrogen-bond acceptors (Lipinski definition) is 2. The summed E-state index contributed by atoms with van der Waals surface area (Å²) in [4.78, 5) is 4.57. The van der Waals surface area contributed by atoms with E-state index in [9.17, 15) is 4.39 Å². The highest BCUT2D eigenvalue weighted by Gasteiger charge is 2.15. The minimum atomic E-state index is -0.414. The van der Waals surface area contributed by atoms with E-state index in [0.717, 1.165) is 27.7 Å². The lowest BCUT2D eigenvalue weighted by Gasteiger charge is -2.04. The van der Waals surface area contributed by atoms with Gasteiger partial charge < -0.3 is 4.57 Å². The predicted octanol–water partition coefficient (Wildman–Crippen LogP) is 5.76. The van der Waals surface area contributed by atoms with Gasteiger partial charge in [-0.2, -0.15) is 11.3 Å². The second kappa shape index (κ2) is 5.48. The number of nitrogens with zero attached hydrogens (tertiary/aromatic N) is 2. The molecule has 2 nitrogen and oxygen atoms in total. The average Bonchev–Trinajstić information content (AvgIpc) is 3.19. The van der Waals surface area contributed by atoms with Crippen LogP contribution in [0.15, 0.2) is 53.5 Å². The summed E-state index contributed by atoms with van der Waals surface area (Å²) < 4.78 is 15.8. The quantitative estimate of drug-likeness (QED) is 0.452. The Morgan fingerprint density at radius 1 is 1.17 bits per heavy atom. The number of rotatable bonds is 2. The van der Waals surface area contributed by atoms with Crippen LogP contribution in [0.25, 0.3) is 33.3 Å². The molecule has 0 saturated carbocycles. The molecule has 4 aromatic rings. The normalized spacial score (nSPS) is 11.3. The highest BCUT2D eigenvalue weighted by atomic mass is 35.5. The fraction of sp³-hybridized carbons (Fsp3) is 0.0556. The molecule has 0 N–H and O–H groups in total. The lowest BCUT2D eigenvalue weighted by atomic mass is 10.0. The summed E-state index contributed by atoms with van der Waals surface area (Å²) in [6.45, 7) is 0. The first-order valence-electron chi connectivity index (χ1n) is 7.07. The molecule has 5 heteroatoms. The average molecular weight is 343 g/mol.